The van der Waals surface area contributed by atoms with Gasteiger partial charge in [-0.25, -0.2) is 9.97 Å². The Morgan fingerprint density at radius 2 is 1.83 bits per heavy atom. The smallest absolute Gasteiger partial charge is 0.306 e. The van der Waals surface area contributed by atoms with Crippen LogP contribution in [0.15, 0.2) is 48.5 Å². The van der Waals surface area contributed by atoms with E-state index < -0.39 is 5.97 Å². The largest absolute Gasteiger partial charge is 0.481 e. The van der Waals surface area contributed by atoms with Gasteiger partial charge in [0.1, 0.15) is 0 Å². The van der Waals surface area contributed by atoms with Gasteiger partial charge in [-0.15, -0.1) is 0 Å². The van der Waals surface area contributed by atoms with E-state index in [0.717, 1.165) is 27.7 Å². The van der Waals surface area contributed by atoms with Crippen LogP contribution >= 0.6 is 0 Å². The highest BCUT2D eigenvalue weighted by Gasteiger charge is 2.26. The molecule has 2 heterocycles. The third-order valence-electron chi connectivity index (χ3n) is 5.49. The van der Waals surface area contributed by atoms with Crippen molar-refractivity contribution in [3.8, 4) is 11.3 Å². The van der Waals surface area contributed by atoms with Gasteiger partial charge in [-0.1, -0.05) is 42.0 Å². The topological polar surface area (TPSA) is 95.4 Å². The van der Waals surface area contributed by atoms with E-state index in [9.17, 15) is 9.59 Å². The van der Waals surface area contributed by atoms with Crippen molar-refractivity contribution in [2.24, 2.45) is 5.92 Å². The fourth-order valence-corrected chi connectivity index (χ4v) is 3.78. The number of benzene rings is 2. The summed E-state index contributed by atoms with van der Waals surface area (Å²) in [5.41, 5.74) is 3.75. The van der Waals surface area contributed by atoms with Crippen LogP contribution in [0.4, 0.5) is 5.95 Å². The second-order valence-corrected chi connectivity index (χ2v) is 7.63. The van der Waals surface area contributed by atoms with Gasteiger partial charge in [-0.05, 0) is 31.9 Å². The van der Waals surface area contributed by atoms with Gasteiger partial charge in [0.25, 0.3) is 0 Å². The van der Waals surface area contributed by atoms with Crippen LogP contribution in [-0.2, 0) is 9.59 Å². The van der Waals surface area contributed by atoms with Crippen molar-refractivity contribution in [1.29, 1.82) is 0 Å². The number of carboxylic acid groups (broad SMARTS) is 1. The quantitative estimate of drug-likeness (QED) is 0.677. The van der Waals surface area contributed by atoms with Crippen molar-refractivity contribution in [3.63, 3.8) is 0 Å². The first kappa shape index (κ1) is 19.8. The van der Waals surface area contributed by atoms with Crippen molar-refractivity contribution >= 4 is 28.7 Å². The van der Waals surface area contributed by atoms with Gasteiger partial charge in [0.15, 0.2) is 0 Å². The summed E-state index contributed by atoms with van der Waals surface area (Å²) in [6.07, 6.45) is 0.982. The lowest BCUT2D eigenvalue weighted by Crippen LogP contribution is -2.42. The molecule has 2 N–H and O–H groups in total. The Labute approximate surface area is 174 Å². The van der Waals surface area contributed by atoms with E-state index in [0.29, 0.717) is 31.9 Å². The molecule has 0 atom stereocenters. The molecule has 1 aliphatic rings. The highest BCUT2D eigenvalue weighted by molar-refractivity contribution is 5.93. The minimum atomic E-state index is -0.784. The number of hydrogen-bond acceptors (Lipinski definition) is 5. The van der Waals surface area contributed by atoms with Crippen LogP contribution in [0.5, 0.6) is 0 Å². The molecule has 1 aromatic heterocycles. The predicted octanol–water partition coefficient (Wildman–Crippen LogP) is 3.34. The lowest BCUT2D eigenvalue weighted by molar-refractivity contribution is -0.145. The summed E-state index contributed by atoms with van der Waals surface area (Å²) in [4.78, 5) is 34.6. The van der Waals surface area contributed by atoms with E-state index in [1.165, 1.54) is 0 Å². The lowest BCUT2D eigenvalue weighted by atomic mass is 9.97. The van der Waals surface area contributed by atoms with Gasteiger partial charge in [0.05, 0.1) is 23.7 Å². The van der Waals surface area contributed by atoms with Gasteiger partial charge in [0.2, 0.25) is 11.9 Å². The molecule has 0 aliphatic carbocycles. The number of aliphatic carboxylic acids is 1. The Morgan fingerprint density at radius 1 is 1.10 bits per heavy atom. The van der Waals surface area contributed by atoms with E-state index in [4.69, 9.17) is 10.1 Å². The number of carboxylic acids is 1. The number of nitrogens with one attached hydrogen (secondary N) is 1. The lowest BCUT2D eigenvalue weighted by Gasteiger charge is -2.30. The van der Waals surface area contributed by atoms with E-state index in [2.05, 4.69) is 16.4 Å². The zero-order valence-corrected chi connectivity index (χ0v) is 16.8. The van der Waals surface area contributed by atoms with E-state index in [1.54, 1.807) is 4.90 Å². The minimum Gasteiger partial charge on any atom is -0.481 e. The molecule has 0 unspecified atom stereocenters. The highest BCUT2D eigenvalue weighted by atomic mass is 16.4. The third-order valence-corrected chi connectivity index (χ3v) is 5.49. The summed E-state index contributed by atoms with van der Waals surface area (Å²) in [6, 6.07) is 15.9. The highest BCUT2D eigenvalue weighted by Crippen LogP contribution is 2.28. The number of aryl methyl sites for hydroxylation is 1. The van der Waals surface area contributed by atoms with Gasteiger partial charge >= 0.3 is 5.97 Å². The Morgan fingerprint density at radius 3 is 2.53 bits per heavy atom. The van der Waals surface area contributed by atoms with Crippen LogP contribution in [0.25, 0.3) is 22.2 Å². The molecule has 0 bridgehead atoms. The van der Waals surface area contributed by atoms with Crippen LogP contribution in [0.2, 0.25) is 0 Å². The van der Waals surface area contributed by atoms with Gasteiger partial charge in [0, 0.05) is 24.0 Å². The number of hydrogen-bond donors (Lipinski definition) is 2. The van der Waals surface area contributed by atoms with Crippen molar-refractivity contribution in [1.82, 2.24) is 14.9 Å². The predicted molar refractivity (Wildman–Crippen MR) is 115 cm³/mol. The van der Waals surface area contributed by atoms with Crippen molar-refractivity contribution in [3.05, 3.63) is 54.1 Å². The SMILES string of the molecule is Cc1ccc2nc(NCC(=O)N3CCC(C(=O)O)CC3)nc(-c3ccccc3)c2c1. The molecule has 1 aliphatic heterocycles. The molecular formula is C23H24N4O3. The second-order valence-electron chi connectivity index (χ2n) is 7.63. The minimum absolute atomic E-state index is 0.0728. The first-order valence-corrected chi connectivity index (χ1v) is 10.1. The molecule has 1 amide bonds. The van der Waals surface area contributed by atoms with Crippen LogP contribution in [0, 0.1) is 12.8 Å². The van der Waals surface area contributed by atoms with Gasteiger partial charge in [-0.2, -0.15) is 0 Å². The first-order valence-electron chi connectivity index (χ1n) is 10.1. The second kappa shape index (κ2) is 8.49. The van der Waals surface area contributed by atoms with Crippen LogP contribution in [-0.4, -0.2) is 51.5 Å². The standard InChI is InChI=1S/C23H24N4O3/c1-15-7-8-19-18(13-15)21(16-5-3-2-4-6-16)26-23(25-19)24-14-20(28)27-11-9-17(10-12-27)22(29)30/h2-8,13,17H,9-12,14H2,1H3,(H,29,30)(H,24,25,26). The Bertz CT molecular complexity index is 1080. The fourth-order valence-electron chi connectivity index (χ4n) is 3.78. The maximum absolute atomic E-state index is 12.6. The number of likely N-dealkylation sites (tertiary alicyclic amines) is 1. The molecule has 4 rings (SSSR count). The molecule has 0 spiro atoms. The summed E-state index contributed by atoms with van der Waals surface area (Å²) in [7, 11) is 0. The summed E-state index contributed by atoms with van der Waals surface area (Å²) in [6.45, 7) is 3.03. The van der Waals surface area contributed by atoms with Gasteiger partial charge in [-0.3, -0.25) is 9.59 Å². The van der Waals surface area contributed by atoms with Gasteiger partial charge < -0.3 is 15.3 Å². The van der Waals surface area contributed by atoms with Crippen LogP contribution in [0.3, 0.4) is 0 Å². The molecule has 30 heavy (non-hydrogen) atoms. The normalized spacial score (nSPS) is 14.6. The van der Waals surface area contributed by atoms with E-state index >= 15 is 0 Å². The Kier molecular flexibility index (Phi) is 5.61. The number of rotatable bonds is 5. The third kappa shape index (κ3) is 4.25. The molecule has 1 fully saturated rings. The molecule has 1 saturated heterocycles. The molecule has 7 nitrogen and oxygen atoms in total. The molecule has 154 valence electrons. The molecule has 2 aromatic carbocycles. The number of carbonyl (C=O) groups excluding carboxylic acids is 1. The summed E-state index contributed by atoms with van der Waals surface area (Å²) >= 11 is 0. The molecule has 0 saturated carbocycles. The number of fused-ring (bicyclic) bond motifs is 1. The average molecular weight is 404 g/mol. The number of anilines is 1. The van der Waals surface area contributed by atoms with Crippen molar-refractivity contribution in [2.75, 3.05) is 25.0 Å². The average Bonchev–Trinajstić information content (AvgIpc) is 2.77. The fraction of sp³-hybridized carbons (Fsp3) is 0.304. The number of aromatic nitrogens is 2. The zero-order valence-electron chi connectivity index (χ0n) is 16.8. The molecule has 0 radical (unpaired) electrons. The maximum Gasteiger partial charge on any atom is 0.306 e. The Balaban J connectivity index is 1.53. The summed E-state index contributed by atoms with van der Waals surface area (Å²) in [5, 5.41) is 13.1. The number of nitrogens with zero attached hydrogens (tertiary/aromatic N) is 3. The molecular weight excluding hydrogens is 380 g/mol. The summed E-state index contributed by atoms with van der Waals surface area (Å²) in [5.74, 6) is -0.817. The number of piperidine rings is 1. The van der Waals surface area contributed by atoms with Crippen LogP contribution < -0.4 is 5.32 Å². The van der Waals surface area contributed by atoms with E-state index in [1.807, 2.05) is 49.4 Å². The maximum atomic E-state index is 12.6. The van der Waals surface area contributed by atoms with Crippen LogP contribution in [0.1, 0.15) is 18.4 Å². The summed E-state index contributed by atoms with van der Waals surface area (Å²) < 4.78 is 0. The van der Waals surface area contributed by atoms with Crippen molar-refractivity contribution < 1.29 is 14.7 Å². The Hall–Kier alpha value is -3.48. The number of carbonyl (C=O) groups is 2. The van der Waals surface area contributed by atoms with Crippen molar-refractivity contribution in [2.45, 2.75) is 19.8 Å². The first-order chi connectivity index (χ1) is 14.5. The van der Waals surface area contributed by atoms with E-state index in [-0.39, 0.29) is 18.4 Å². The molecule has 3 aromatic rings. The zero-order chi connectivity index (χ0) is 21.1. The monoisotopic (exact) mass is 404 g/mol. The molecule has 7 heteroatoms. The number of amides is 1.